The number of carbonyl (C=O) groups is 1. The topological polar surface area (TPSA) is 89.6 Å². The van der Waals surface area contributed by atoms with Crippen molar-refractivity contribution in [3.8, 4) is 0 Å². The molecule has 1 aromatic rings. The monoisotopic (exact) mass is 376 g/mol. The molecule has 0 aliphatic carbocycles. The van der Waals surface area contributed by atoms with Crippen molar-refractivity contribution in [2.45, 2.75) is 43.9 Å². The van der Waals surface area contributed by atoms with Crippen LogP contribution in [0.15, 0.2) is 23.2 Å². The number of halogens is 3. The Morgan fingerprint density at radius 2 is 1.92 bits per heavy atom. The van der Waals surface area contributed by atoms with Crippen molar-refractivity contribution in [2.24, 2.45) is 10.7 Å². The van der Waals surface area contributed by atoms with Crippen LogP contribution in [0.25, 0.3) is 0 Å². The predicted molar refractivity (Wildman–Crippen MR) is 88.0 cm³/mol. The lowest BCUT2D eigenvalue weighted by atomic mass is 9.91. The summed E-state index contributed by atoms with van der Waals surface area (Å²) in [5, 5.41) is 0. The van der Waals surface area contributed by atoms with E-state index < -0.39 is 50.3 Å². The molecule has 2 rings (SSSR count). The molecule has 0 radical (unpaired) electrons. The fourth-order valence-electron chi connectivity index (χ4n) is 2.65. The second kappa shape index (κ2) is 6.12. The van der Waals surface area contributed by atoms with Gasteiger partial charge in [-0.05, 0) is 38.5 Å². The van der Waals surface area contributed by atoms with Crippen molar-refractivity contribution in [1.82, 2.24) is 0 Å². The normalized spacial score (nSPS) is 24.8. The molecule has 1 aliphatic rings. The number of carbonyl (C=O) groups excluding carboxylic acids is 1. The predicted octanol–water partition coefficient (Wildman–Crippen LogP) is 1.98. The number of aliphatic imine (C=N–C) groups is 1. The van der Waals surface area contributed by atoms with E-state index in [4.69, 9.17) is 5.73 Å². The number of benzene rings is 1. The van der Waals surface area contributed by atoms with Crippen LogP contribution >= 0.6 is 0 Å². The first-order chi connectivity index (χ1) is 11.3. The van der Waals surface area contributed by atoms with E-state index in [1.54, 1.807) is 0 Å². The van der Waals surface area contributed by atoms with Gasteiger partial charge in [0.1, 0.15) is 21.9 Å². The number of hydrogen-bond donors (Lipinski definition) is 1. The first-order valence-electron chi connectivity index (χ1n) is 7.48. The number of nitrogens with zero attached hydrogens (tertiary/aromatic N) is 1. The van der Waals surface area contributed by atoms with Crippen LogP contribution in [-0.2, 0) is 26.6 Å². The second-order valence-electron chi connectivity index (χ2n) is 6.80. The average molecular weight is 376 g/mol. The molecule has 1 heterocycles. The highest BCUT2D eigenvalue weighted by Gasteiger charge is 2.49. The molecule has 0 saturated heterocycles. The largest absolute Gasteiger partial charge is 0.386 e. The number of ketones is 1. The van der Waals surface area contributed by atoms with Crippen molar-refractivity contribution in [2.75, 3.05) is 5.75 Å². The quantitative estimate of drug-likeness (QED) is 0.870. The Morgan fingerprint density at radius 1 is 1.32 bits per heavy atom. The lowest BCUT2D eigenvalue weighted by Crippen LogP contribution is -2.55. The number of nitrogens with two attached hydrogens (primary N) is 1. The minimum atomic E-state index is -3.74. The van der Waals surface area contributed by atoms with Crippen molar-refractivity contribution >= 4 is 21.5 Å². The van der Waals surface area contributed by atoms with Crippen LogP contribution in [0.2, 0.25) is 0 Å². The summed E-state index contributed by atoms with van der Waals surface area (Å²) in [7, 11) is -3.74. The van der Waals surface area contributed by atoms with Gasteiger partial charge in [-0.2, -0.15) is 0 Å². The van der Waals surface area contributed by atoms with E-state index in [2.05, 4.69) is 4.99 Å². The van der Waals surface area contributed by atoms with E-state index in [1.807, 2.05) is 0 Å². The molecule has 0 saturated carbocycles. The Bertz CT molecular complexity index is 850. The number of sulfone groups is 1. The van der Waals surface area contributed by atoms with Gasteiger partial charge in [-0.15, -0.1) is 0 Å². The third-order valence-electron chi connectivity index (χ3n) is 4.47. The van der Waals surface area contributed by atoms with Gasteiger partial charge in [-0.25, -0.2) is 21.6 Å². The Balaban J connectivity index is 2.54. The fraction of sp³-hybridized carbons (Fsp3) is 0.500. The van der Waals surface area contributed by atoms with Crippen LogP contribution in [0, 0.1) is 5.82 Å². The standard InChI is InChI=1S/C16H19F3N2O3S/c1-15(2)14(20)21-16(3,8-25(15,23)24)10-6-9(4-5-11(10)17)7-12(22)13(18)19/h4-6,13H,7-8H2,1-3H3,(H2,20,21)/t16-/m0/s1. The van der Waals surface area contributed by atoms with E-state index in [9.17, 15) is 26.4 Å². The van der Waals surface area contributed by atoms with Gasteiger partial charge in [0.25, 0.3) is 6.43 Å². The van der Waals surface area contributed by atoms with Crippen LogP contribution in [0.1, 0.15) is 31.9 Å². The lowest BCUT2D eigenvalue weighted by molar-refractivity contribution is -0.128. The van der Waals surface area contributed by atoms with Gasteiger partial charge in [-0.3, -0.25) is 9.79 Å². The van der Waals surface area contributed by atoms with Gasteiger partial charge < -0.3 is 5.73 Å². The molecule has 1 aromatic carbocycles. The van der Waals surface area contributed by atoms with Gasteiger partial charge in [0.15, 0.2) is 9.84 Å². The van der Waals surface area contributed by atoms with Crippen molar-refractivity contribution < 1.29 is 26.4 Å². The number of hydrogen-bond acceptors (Lipinski definition) is 5. The average Bonchev–Trinajstić information content (AvgIpc) is 2.46. The molecule has 25 heavy (non-hydrogen) atoms. The van der Waals surface area contributed by atoms with E-state index in [0.29, 0.717) is 0 Å². The molecule has 5 nitrogen and oxygen atoms in total. The molecule has 1 aliphatic heterocycles. The molecule has 0 aromatic heterocycles. The summed E-state index contributed by atoms with van der Waals surface area (Å²) >= 11 is 0. The molecule has 9 heteroatoms. The summed E-state index contributed by atoms with van der Waals surface area (Å²) in [5.41, 5.74) is 4.35. The number of alkyl halides is 2. The first-order valence-corrected chi connectivity index (χ1v) is 9.13. The van der Waals surface area contributed by atoms with E-state index in [-0.39, 0.29) is 17.0 Å². The van der Waals surface area contributed by atoms with Crippen molar-refractivity contribution in [3.63, 3.8) is 0 Å². The van der Waals surface area contributed by atoms with Crippen LogP contribution in [0.3, 0.4) is 0 Å². The molecule has 138 valence electrons. The summed E-state index contributed by atoms with van der Waals surface area (Å²) in [4.78, 5) is 15.4. The third kappa shape index (κ3) is 3.42. The maximum atomic E-state index is 14.3. The van der Waals surface area contributed by atoms with Crippen molar-refractivity contribution in [3.05, 3.63) is 35.1 Å². The zero-order chi connectivity index (χ0) is 19.2. The van der Waals surface area contributed by atoms with Gasteiger partial charge in [0.05, 0.1) is 5.75 Å². The van der Waals surface area contributed by atoms with Gasteiger partial charge in [0, 0.05) is 12.0 Å². The van der Waals surface area contributed by atoms with Gasteiger partial charge in [0.2, 0.25) is 5.78 Å². The maximum Gasteiger partial charge on any atom is 0.296 e. The molecule has 0 amide bonds. The Labute approximate surface area is 144 Å². The van der Waals surface area contributed by atoms with Crippen molar-refractivity contribution in [1.29, 1.82) is 0 Å². The third-order valence-corrected chi connectivity index (χ3v) is 7.17. The summed E-state index contributed by atoms with van der Waals surface area (Å²) in [6.07, 6.45) is -3.72. The maximum absolute atomic E-state index is 14.3. The molecular weight excluding hydrogens is 357 g/mol. The molecule has 1 atom stereocenters. The summed E-state index contributed by atoms with van der Waals surface area (Å²) in [5.74, 6) is -2.70. The highest BCUT2D eigenvalue weighted by Crippen LogP contribution is 2.38. The summed E-state index contributed by atoms with van der Waals surface area (Å²) < 4.78 is 62.8. The van der Waals surface area contributed by atoms with Crippen LogP contribution < -0.4 is 5.73 Å². The smallest absolute Gasteiger partial charge is 0.296 e. The molecule has 0 spiro atoms. The number of rotatable bonds is 4. The first kappa shape index (κ1) is 19.4. The van der Waals surface area contributed by atoms with Crippen LogP contribution in [0.4, 0.5) is 13.2 Å². The van der Waals surface area contributed by atoms with E-state index in [0.717, 1.165) is 6.07 Å². The SMILES string of the molecule is CC1(C)C(N)=N[C@](C)(c2cc(CC(=O)C(F)F)ccc2F)CS1(=O)=O. The molecular formula is C16H19F3N2O3S. The minimum absolute atomic E-state index is 0.103. The number of Topliss-reactive ketones (excluding diaryl/α,β-unsaturated/α-hetero) is 1. The van der Waals surface area contributed by atoms with Gasteiger partial charge >= 0.3 is 0 Å². The number of amidine groups is 1. The molecule has 0 bridgehead atoms. The Hall–Kier alpha value is -1.90. The zero-order valence-electron chi connectivity index (χ0n) is 14.0. The zero-order valence-corrected chi connectivity index (χ0v) is 14.8. The highest BCUT2D eigenvalue weighted by molar-refractivity contribution is 7.93. The molecule has 0 fully saturated rings. The Kier molecular flexibility index (Phi) is 4.75. The van der Waals surface area contributed by atoms with E-state index in [1.165, 1.54) is 32.9 Å². The summed E-state index contributed by atoms with van der Waals surface area (Å²) in [6, 6.07) is 3.41. The fourth-order valence-corrected chi connectivity index (χ4v) is 4.34. The van der Waals surface area contributed by atoms with Crippen LogP contribution in [0.5, 0.6) is 0 Å². The molecule has 2 N–H and O–H groups in total. The second-order valence-corrected chi connectivity index (χ2v) is 9.34. The van der Waals surface area contributed by atoms with Crippen LogP contribution in [-0.4, -0.2) is 37.0 Å². The highest BCUT2D eigenvalue weighted by atomic mass is 32.2. The minimum Gasteiger partial charge on any atom is -0.386 e. The Morgan fingerprint density at radius 3 is 2.44 bits per heavy atom. The van der Waals surface area contributed by atoms with E-state index >= 15 is 0 Å². The van der Waals surface area contributed by atoms with Gasteiger partial charge in [-0.1, -0.05) is 6.07 Å². The summed E-state index contributed by atoms with van der Waals surface area (Å²) in [6.45, 7) is 4.23. The molecule has 0 unspecified atom stereocenters. The lowest BCUT2D eigenvalue weighted by Gasteiger charge is -2.38.